The van der Waals surface area contributed by atoms with E-state index in [9.17, 15) is 14.3 Å². The number of aromatic nitrogens is 2. The summed E-state index contributed by atoms with van der Waals surface area (Å²) in [6.45, 7) is 1.14. The van der Waals surface area contributed by atoms with Crippen molar-refractivity contribution in [2.24, 2.45) is 11.8 Å². The average molecular weight is 364 g/mol. The average Bonchev–Trinajstić information content (AvgIpc) is 3.22. The molecule has 0 bridgehead atoms. The van der Waals surface area contributed by atoms with Crippen molar-refractivity contribution in [2.45, 2.75) is 25.0 Å². The highest BCUT2D eigenvalue weighted by molar-refractivity contribution is 6.30. The number of aliphatic hydroxyl groups excluding tert-OH is 1. The largest absolute Gasteiger partial charge is 0.391 e. The number of nitrogens with zero attached hydrogens (tertiary/aromatic N) is 3. The molecule has 1 aromatic heterocycles. The van der Waals surface area contributed by atoms with Crippen LogP contribution in [0.5, 0.6) is 0 Å². The smallest absolute Gasteiger partial charge is 0.256 e. The van der Waals surface area contributed by atoms with Crippen molar-refractivity contribution in [3.05, 3.63) is 53.3 Å². The van der Waals surface area contributed by atoms with Crippen LogP contribution in [-0.4, -0.2) is 44.7 Å². The predicted octanol–water partition coefficient (Wildman–Crippen LogP) is 2.76. The number of benzene rings is 1. The molecule has 0 unspecified atom stereocenters. The molecule has 1 aliphatic heterocycles. The highest BCUT2D eigenvalue weighted by Crippen LogP contribution is 2.41. The molecule has 2 fully saturated rings. The minimum absolute atomic E-state index is 0.0222. The topological polar surface area (TPSA) is 58.4 Å². The molecule has 1 aromatic carbocycles. The van der Waals surface area contributed by atoms with Crippen LogP contribution in [0.2, 0.25) is 5.02 Å². The lowest BCUT2D eigenvalue weighted by Crippen LogP contribution is -2.35. The predicted molar refractivity (Wildman–Crippen MR) is 90.8 cm³/mol. The third-order valence-corrected chi connectivity index (χ3v) is 5.70. The van der Waals surface area contributed by atoms with Crippen molar-refractivity contribution in [1.82, 2.24) is 14.5 Å². The molecule has 1 N–H and O–H groups in total. The minimum Gasteiger partial charge on any atom is -0.391 e. The fourth-order valence-electron chi connectivity index (χ4n) is 4.19. The van der Waals surface area contributed by atoms with Gasteiger partial charge in [0.25, 0.3) is 5.91 Å². The van der Waals surface area contributed by atoms with Crippen molar-refractivity contribution >= 4 is 17.5 Å². The number of hydrogen-bond acceptors (Lipinski definition) is 3. The van der Waals surface area contributed by atoms with E-state index in [0.29, 0.717) is 25.4 Å². The summed E-state index contributed by atoms with van der Waals surface area (Å²) >= 11 is 5.76. The third kappa shape index (κ3) is 3.04. The second-order valence-corrected chi connectivity index (χ2v) is 7.41. The Morgan fingerprint density at radius 1 is 1.28 bits per heavy atom. The molecule has 4 atom stereocenters. The Morgan fingerprint density at radius 3 is 2.72 bits per heavy atom. The first kappa shape index (κ1) is 16.5. The van der Waals surface area contributed by atoms with Crippen molar-refractivity contribution in [3.8, 4) is 0 Å². The number of fused-ring (bicyclic) bond motifs is 1. The Balaban J connectivity index is 1.50. The molecule has 7 heteroatoms. The van der Waals surface area contributed by atoms with Crippen molar-refractivity contribution in [3.63, 3.8) is 0 Å². The van der Waals surface area contributed by atoms with Gasteiger partial charge in [-0.2, -0.15) is 0 Å². The second-order valence-electron chi connectivity index (χ2n) is 6.97. The number of hydrogen-bond donors (Lipinski definition) is 1. The van der Waals surface area contributed by atoms with Crippen LogP contribution in [-0.2, 0) is 0 Å². The molecule has 1 saturated heterocycles. The quantitative estimate of drug-likeness (QED) is 0.892. The highest BCUT2D eigenvalue weighted by atomic mass is 35.5. The van der Waals surface area contributed by atoms with E-state index in [0.717, 1.165) is 12.5 Å². The molecule has 25 heavy (non-hydrogen) atoms. The van der Waals surface area contributed by atoms with Crippen LogP contribution < -0.4 is 0 Å². The van der Waals surface area contributed by atoms with Crippen LogP contribution in [0.1, 0.15) is 29.2 Å². The Morgan fingerprint density at radius 2 is 2.04 bits per heavy atom. The second kappa shape index (κ2) is 6.42. The van der Waals surface area contributed by atoms with Gasteiger partial charge in [-0.25, -0.2) is 9.37 Å². The molecule has 5 nitrogen and oxygen atoms in total. The Hall–Kier alpha value is -1.92. The Bertz CT molecular complexity index is 783. The summed E-state index contributed by atoms with van der Waals surface area (Å²) < 4.78 is 16.0. The Labute approximate surface area is 150 Å². The minimum atomic E-state index is -0.594. The van der Waals surface area contributed by atoms with Crippen LogP contribution in [0.15, 0.2) is 36.9 Å². The summed E-state index contributed by atoms with van der Waals surface area (Å²) in [6.07, 6.45) is 6.24. The van der Waals surface area contributed by atoms with Gasteiger partial charge in [-0.3, -0.25) is 4.79 Å². The van der Waals surface area contributed by atoms with Crippen molar-refractivity contribution in [1.29, 1.82) is 0 Å². The summed E-state index contributed by atoms with van der Waals surface area (Å²) in [5.74, 6) is -0.356. The van der Waals surface area contributed by atoms with E-state index < -0.39 is 11.9 Å². The maximum Gasteiger partial charge on any atom is 0.256 e. The lowest BCUT2D eigenvalue weighted by molar-refractivity contribution is 0.0357. The zero-order valence-electron chi connectivity index (χ0n) is 13.6. The number of carbonyl (C=O) groups is 1. The number of amides is 1. The first-order valence-electron chi connectivity index (χ1n) is 8.42. The first-order chi connectivity index (χ1) is 12.0. The van der Waals surface area contributed by atoms with Gasteiger partial charge in [0.15, 0.2) is 0 Å². The molecule has 1 aliphatic carbocycles. The van der Waals surface area contributed by atoms with Gasteiger partial charge in [-0.05, 0) is 42.9 Å². The summed E-state index contributed by atoms with van der Waals surface area (Å²) in [7, 11) is 0. The van der Waals surface area contributed by atoms with Gasteiger partial charge in [0.1, 0.15) is 5.82 Å². The van der Waals surface area contributed by atoms with Crippen LogP contribution in [0.3, 0.4) is 0 Å². The van der Waals surface area contributed by atoms with Gasteiger partial charge in [-0.1, -0.05) is 11.6 Å². The molecular weight excluding hydrogens is 345 g/mol. The SMILES string of the molecule is O=C(c1ccc(Cl)cc1F)N1C[C@H]2C[C@@H](n3ccnc3)[C@H](O)C[C@H]2C1. The van der Waals surface area contributed by atoms with Gasteiger partial charge < -0.3 is 14.6 Å². The van der Waals surface area contributed by atoms with Crippen LogP contribution in [0, 0.1) is 17.7 Å². The molecule has 1 amide bonds. The molecular formula is C18H19ClFN3O2. The van der Waals surface area contributed by atoms with Gasteiger partial charge >= 0.3 is 0 Å². The lowest BCUT2D eigenvalue weighted by Gasteiger charge is -2.35. The monoisotopic (exact) mass is 363 g/mol. The third-order valence-electron chi connectivity index (χ3n) is 5.47. The van der Waals surface area contributed by atoms with E-state index in [-0.39, 0.29) is 28.5 Å². The maximum absolute atomic E-state index is 14.1. The van der Waals surface area contributed by atoms with Gasteiger partial charge in [0, 0.05) is 30.5 Å². The molecule has 0 radical (unpaired) electrons. The summed E-state index contributed by atoms with van der Waals surface area (Å²) in [5.41, 5.74) is 0.0507. The molecule has 132 valence electrons. The molecule has 2 aliphatic rings. The summed E-state index contributed by atoms with van der Waals surface area (Å²) in [6, 6.07) is 4.10. The molecule has 4 rings (SSSR count). The fourth-order valence-corrected chi connectivity index (χ4v) is 4.35. The maximum atomic E-state index is 14.1. The van der Waals surface area contributed by atoms with Crippen molar-refractivity contribution < 1.29 is 14.3 Å². The van der Waals surface area contributed by atoms with E-state index in [1.165, 1.54) is 12.1 Å². The highest BCUT2D eigenvalue weighted by Gasteiger charge is 2.43. The number of rotatable bonds is 2. The lowest BCUT2D eigenvalue weighted by atomic mass is 9.77. The van der Waals surface area contributed by atoms with Crippen LogP contribution >= 0.6 is 11.6 Å². The summed E-state index contributed by atoms with van der Waals surface area (Å²) in [5, 5.41) is 10.8. The van der Waals surface area contributed by atoms with Gasteiger partial charge in [0.05, 0.1) is 24.0 Å². The zero-order valence-corrected chi connectivity index (χ0v) is 14.3. The number of likely N-dealkylation sites (tertiary alicyclic amines) is 1. The van der Waals surface area contributed by atoms with Crippen molar-refractivity contribution in [2.75, 3.05) is 13.1 Å². The van der Waals surface area contributed by atoms with Gasteiger partial charge in [-0.15, -0.1) is 0 Å². The van der Waals surface area contributed by atoms with E-state index in [4.69, 9.17) is 11.6 Å². The summed E-state index contributed by atoms with van der Waals surface area (Å²) in [4.78, 5) is 18.4. The number of halogens is 2. The molecule has 2 heterocycles. The number of aliphatic hydroxyl groups is 1. The number of carbonyl (C=O) groups excluding carboxylic acids is 1. The standard InChI is InChI=1S/C18H19ClFN3O2/c19-13-1-2-14(15(20)7-13)18(25)23-8-11-5-16(22-4-3-21-10-22)17(24)6-12(11)9-23/h1-4,7,10-12,16-17,24H,5-6,8-9H2/t11-,12+,16-,17-/m1/s1. The molecule has 2 aromatic rings. The zero-order chi connectivity index (χ0) is 17.6. The van der Waals surface area contributed by atoms with Crippen LogP contribution in [0.25, 0.3) is 0 Å². The van der Waals surface area contributed by atoms with E-state index >= 15 is 0 Å². The normalized spacial score (nSPS) is 28.8. The fraction of sp³-hybridized carbons (Fsp3) is 0.444. The van der Waals surface area contributed by atoms with E-state index in [1.54, 1.807) is 17.4 Å². The molecule has 0 spiro atoms. The van der Waals surface area contributed by atoms with E-state index in [1.807, 2.05) is 10.8 Å². The molecule has 1 saturated carbocycles. The van der Waals surface area contributed by atoms with E-state index in [2.05, 4.69) is 4.98 Å². The van der Waals surface area contributed by atoms with Crippen LogP contribution in [0.4, 0.5) is 4.39 Å². The first-order valence-corrected chi connectivity index (χ1v) is 8.80. The van der Waals surface area contributed by atoms with Gasteiger partial charge in [0.2, 0.25) is 0 Å². The Kier molecular flexibility index (Phi) is 4.25. The number of imidazole rings is 1.